The van der Waals surface area contributed by atoms with Gasteiger partial charge in [-0.25, -0.2) is 0 Å². The summed E-state index contributed by atoms with van der Waals surface area (Å²) in [6.45, 7) is 16.9. The second-order valence-electron chi connectivity index (χ2n) is 7.83. The maximum Gasteiger partial charge on any atom is -0.0240 e. The van der Waals surface area contributed by atoms with Gasteiger partial charge in [0, 0.05) is 0 Å². The summed E-state index contributed by atoms with van der Waals surface area (Å²) in [5.74, 6) is 4.69. The Balaban J connectivity index is 2.46. The van der Waals surface area contributed by atoms with Gasteiger partial charge in [-0.3, -0.25) is 0 Å². The van der Waals surface area contributed by atoms with Gasteiger partial charge in [-0.2, -0.15) is 0 Å². The molecule has 0 aromatic rings. The van der Waals surface area contributed by atoms with Gasteiger partial charge in [0.25, 0.3) is 0 Å². The third kappa shape index (κ3) is 3.52. The van der Waals surface area contributed by atoms with Crippen molar-refractivity contribution < 1.29 is 0 Å². The molecular formula is C18H36. The molecule has 0 amide bonds. The van der Waals surface area contributed by atoms with E-state index in [0.717, 1.165) is 29.6 Å². The van der Waals surface area contributed by atoms with Gasteiger partial charge in [0.05, 0.1) is 0 Å². The largest absolute Gasteiger partial charge is 0.0654 e. The lowest BCUT2D eigenvalue weighted by Gasteiger charge is -2.19. The zero-order valence-corrected chi connectivity index (χ0v) is 13.9. The molecule has 1 aliphatic carbocycles. The third-order valence-electron chi connectivity index (χ3n) is 5.71. The van der Waals surface area contributed by atoms with E-state index in [9.17, 15) is 0 Å². The third-order valence-corrected chi connectivity index (χ3v) is 5.71. The van der Waals surface area contributed by atoms with E-state index < -0.39 is 0 Å². The molecule has 0 spiro atoms. The van der Waals surface area contributed by atoms with E-state index in [-0.39, 0.29) is 0 Å². The fourth-order valence-electron chi connectivity index (χ4n) is 3.99. The summed E-state index contributed by atoms with van der Waals surface area (Å²) in [6.07, 6.45) is 7.14. The fourth-order valence-corrected chi connectivity index (χ4v) is 3.99. The molecule has 0 bridgehead atoms. The highest BCUT2D eigenvalue weighted by molar-refractivity contribution is 5.08. The lowest BCUT2D eigenvalue weighted by Crippen LogP contribution is -2.10. The summed E-state index contributed by atoms with van der Waals surface area (Å²) in [5, 5.41) is 0. The van der Waals surface area contributed by atoms with Crippen molar-refractivity contribution in [3.63, 3.8) is 0 Å². The first-order valence-corrected chi connectivity index (χ1v) is 8.33. The molecular weight excluding hydrogens is 216 g/mol. The average molecular weight is 252 g/mol. The van der Waals surface area contributed by atoms with E-state index in [1.54, 1.807) is 0 Å². The summed E-state index contributed by atoms with van der Waals surface area (Å²) in [6, 6.07) is 0. The fraction of sp³-hybridized carbons (Fsp3) is 1.00. The highest BCUT2D eigenvalue weighted by Gasteiger charge is 2.60. The molecule has 0 nitrogen and oxygen atoms in total. The molecule has 1 saturated carbocycles. The Bertz CT molecular complexity index is 240. The first-order valence-electron chi connectivity index (χ1n) is 8.33. The summed E-state index contributed by atoms with van der Waals surface area (Å²) >= 11 is 0. The predicted molar refractivity (Wildman–Crippen MR) is 82.7 cm³/mol. The smallest absolute Gasteiger partial charge is 0.0240 e. The summed E-state index contributed by atoms with van der Waals surface area (Å²) in [5.41, 5.74) is 0.655. The standard InChI is InChI=1S/C18H36/c1-8-9-16-17(18(16,7)14(4)5)12-15(6)11-10-13(2)3/h13-17H,8-12H2,1-7H3. The van der Waals surface area contributed by atoms with Crippen LogP contribution in [0.2, 0.25) is 0 Å². The van der Waals surface area contributed by atoms with E-state index in [1.165, 1.54) is 32.1 Å². The Morgan fingerprint density at radius 1 is 0.944 bits per heavy atom. The van der Waals surface area contributed by atoms with Crippen LogP contribution in [0.1, 0.15) is 80.6 Å². The first kappa shape index (κ1) is 16.1. The minimum Gasteiger partial charge on any atom is -0.0654 e. The summed E-state index contributed by atoms with van der Waals surface area (Å²) in [7, 11) is 0. The SMILES string of the molecule is CCCC1C(CC(C)CCC(C)C)C1(C)C(C)C. The molecule has 0 N–H and O–H groups in total. The quantitative estimate of drug-likeness (QED) is 0.485. The summed E-state index contributed by atoms with van der Waals surface area (Å²) < 4.78 is 0. The van der Waals surface area contributed by atoms with Gasteiger partial charge in [0.1, 0.15) is 0 Å². The minimum atomic E-state index is 0.655. The molecule has 0 aromatic carbocycles. The average Bonchev–Trinajstić information content (AvgIpc) is 2.83. The normalized spacial score (nSPS) is 33.2. The van der Waals surface area contributed by atoms with Crippen LogP contribution in [-0.2, 0) is 0 Å². The molecule has 0 heteroatoms. The van der Waals surface area contributed by atoms with Crippen LogP contribution < -0.4 is 0 Å². The van der Waals surface area contributed by atoms with E-state index in [2.05, 4.69) is 48.5 Å². The monoisotopic (exact) mass is 252 g/mol. The molecule has 108 valence electrons. The Morgan fingerprint density at radius 2 is 1.56 bits per heavy atom. The molecule has 4 unspecified atom stereocenters. The van der Waals surface area contributed by atoms with Crippen molar-refractivity contribution in [3.8, 4) is 0 Å². The lowest BCUT2D eigenvalue weighted by atomic mass is 9.87. The molecule has 0 saturated heterocycles. The van der Waals surface area contributed by atoms with E-state index >= 15 is 0 Å². The maximum atomic E-state index is 2.55. The molecule has 0 aliphatic heterocycles. The zero-order valence-electron chi connectivity index (χ0n) is 13.9. The van der Waals surface area contributed by atoms with Crippen molar-refractivity contribution in [2.24, 2.45) is 35.0 Å². The van der Waals surface area contributed by atoms with Crippen LogP contribution >= 0.6 is 0 Å². The van der Waals surface area contributed by atoms with Gasteiger partial charge in [0.15, 0.2) is 0 Å². The van der Waals surface area contributed by atoms with E-state index in [4.69, 9.17) is 0 Å². The molecule has 18 heavy (non-hydrogen) atoms. The molecule has 4 atom stereocenters. The number of hydrogen-bond acceptors (Lipinski definition) is 0. The molecule has 1 rings (SSSR count). The van der Waals surface area contributed by atoms with E-state index in [0.29, 0.717) is 5.41 Å². The van der Waals surface area contributed by atoms with Gasteiger partial charge >= 0.3 is 0 Å². The van der Waals surface area contributed by atoms with Crippen molar-refractivity contribution in [2.45, 2.75) is 80.6 Å². The maximum absolute atomic E-state index is 2.55. The van der Waals surface area contributed by atoms with Crippen LogP contribution in [0.4, 0.5) is 0 Å². The van der Waals surface area contributed by atoms with Gasteiger partial charge in [-0.1, -0.05) is 67.7 Å². The highest BCUT2D eigenvalue weighted by Crippen LogP contribution is 2.67. The van der Waals surface area contributed by atoms with Crippen LogP contribution in [0.25, 0.3) is 0 Å². The van der Waals surface area contributed by atoms with Crippen LogP contribution in [0, 0.1) is 35.0 Å². The number of rotatable bonds is 8. The van der Waals surface area contributed by atoms with Gasteiger partial charge in [0.2, 0.25) is 0 Å². The van der Waals surface area contributed by atoms with Crippen molar-refractivity contribution in [2.75, 3.05) is 0 Å². The second kappa shape index (κ2) is 6.44. The molecule has 0 heterocycles. The molecule has 0 aromatic heterocycles. The number of hydrogen-bond donors (Lipinski definition) is 0. The Hall–Kier alpha value is 0. The molecule has 0 radical (unpaired) electrons. The van der Waals surface area contributed by atoms with Crippen molar-refractivity contribution in [3.05, 3.63) is 0 Å². The van der Waals surface area contributed by atoms with Crippen molar-refractivity contribution in [1.82, 2.24) is 0 Å². The van der Waals surface area contributed by atoms with Gasteiger partial charge in [-0.15, -0.1) is 0 Å². The summed E-state index contributed by atoms with van der Waals surface area (Å²) in [4.78, 5) is 0. The Labute approximate surface area is 116 Å². The lowest BCUT2D eigenvalue weighted by molar-refractivity contribution is 0.309. The van der Waals surface area contributed by atoms with Crippen LogP contribution in [-0.4, -0.2) is 0 Å². The van der Waals surface area contributed by atoms with Crippen LogP contribution in [0.5, 0.6) is 0 Å². The molecule has 1 aliphatic rings. The topological polar surface area (TPSA) is 0 Å². The van der Waals surface area contributed by atoms with Gasteiger partial charge < -0.3 is 0 Å². The predicted octanol–water partition coefficient (Wildman–Crippen LogP) is 6.16. The first-order chi connectivity index (χ1) is 8.33. The molecule has 1 fully saturated rings. The Morgan fingerprint density at radius 3 is 2.00 bits per heavy atom. The van der Waals surface area contributed by atoms with Crippen molar-refractivity contribution >= 4 is 0 Å². The van der Waals surface area contributed by atoms with Crippen LogP contribution in [0.3, 0.4) is 0 Å². The second-order valence-corrected chi connectivity index (χ2v) is 7.83. The van der Waals surface area contributed by atoms with Crippen LogP contribution in [0.15, 0.2) is 0 Å². The zero-order chi connectivity index (χ0) is 13.9. The minimum absolute atomic E-state index is 0.655. The van der Waals surface area contributed by atoms with Gasteiger partial charge in [-0.05, 0) is 47.8 Å². The van der Waals surface area contributed by atoms with Crippen molar-refractivity contribution in [1.29, 1.82) is 0 Å². The Kier molecular flexibility index (Phi) is 5.74. The highest BCUT2D eigenvalue weighted by atomic mass is 14.6. The van der Waals surface area contributed by atoms with E-state index in [1.807, 2.05) is 0 Å².